The van der Waals surface area contributed by atoms with Crippen molar-refractivity contribution in [2.75, 3.05) is 16.8 Å². The van der Waals surface area contributed by atoms with Crippen LogP contribution in [0.1, 0.15) is 34.1 Å². The number of rotatable bonds is 8. The quantitative estimate of drug-likeness (QED) is 0.160. The van der Waals surface area contributed by atoms with Crippen LogP contribution in [0.5, 0.6) is 5.75 Å². The zero-order chi connectivity index (χ0) is 28.2. The van der Waals surface area contributed by atoms with Crippen molar-refractivity contribution in [1.29, 1.82) is 0 Å². The number of para-hydroxylation sites is 1. The zero-order valence-electron chi connectivity index (χ0n) is 21.3. The van der Waals surface area contributed by atoms with Crippen LogP contribution >= 0.6 is 11.6 Å². The van der Waals surface area contributed by atoms with Crippen LogP contribution in [0.15, 0.2) is 102 Å². The predicted molar refractivity (Wildman–Crippen MR) is 151 cm³/mol. The Morgan fingerprint density at radius 3 is 2.27 bits per heavy atom. The van der Waals surface area contributed by atoms with E-state index >= 15 is 0 Å². The van der Waals surface area contributed by atoms with Crippen LogP contribution in [0.4, 0.5) is 11.4 Å². The summed E-state index contributed by atoms with van der Waals surface area (Å²) in [5.74, 6) is -2.30. The van der Waals surface area contributed by atoms with E-state index in [9.17, 15) is 19.2 Å². The topological polar surface area (TPSA) is 102 Å². The van der Waals surface area contributed by atoms with E-state index in [2.05, 4.69) is 5.32 Å². The largest absolute Gasteiger partial charge is 0.462 e. The molecule has 5 rings (SSSR count). The summed E-state index contributed by atoms with van der Waals surface area (Å²) in [6, 6.07) is 25.4. The van der Waals surface area contributed by atoms with E-state index in [-0.39, 0.29) is 34.2 Å². The summed E-state index contributed by atoms with van der Waals surface area (Å²) in [6.07, 6.45) is 0.622. The first-order valence-electron chi connectivity index (χ1n) is 12.5. The first-order chi connectivity index (χ1) is 19.4. The highest BCUT2D eigenvalue weighted by Crippen LogP contribution is 2.32. The van der Waals surface area contributed by atoms with Crippen molar-refractivity contribution < 1.29 is 28.7 Å². The van der Waals surface area contributed by atoms with E-state index in [1.165, 1.54) is 24.3 Å². The minimum absolute atomic E-state index is 0.0673. The molecular weight excluding hydrogens is 532 g/mol. The van der Waals surface area contributed by atoms with Gasteiger partial charge in [0.1, 0.15) is 16.5 Å². The summed E-state index contributed by atoms with van der Waals surface area (Å²) in [5, 5.41) is 4.50. The Kier molecular flexibility index (Phi) is 7.61. The second-order valence-corrected chi connectivity index (χ2v) is 9.27. The number of benzene rings is 4. The van der Waals surface area contributed by atoms with Crippen LogP contribution in [0, 0.1) is 0 Å². The SMILES string of the molecule is CCCOC(=O)c1ccccc1N1C(=O)C(Cl)=C(Nc2ccc(C(=O)Oc3ccc4ccccc4c3)cc2)C1=O. The molecule has 0 aromatic heterocycles. The molecule has 0 spiro atoms. The second-order valence-electron chi connectivity index (χ2n) is 8.89. The minimum atomic E-state index is -0.777. The molecule has 0 saturated heterocycles. The summed E-state index contributed by atoms with van der Waals surface area (Å²) < 4.78 is 10.7. The van der Waals surface area contributed by atoms with Crippen LogP contribution < -0.4 is 15.0 Å². The van der Waals surface area contributed by atoms with Crippen molar-refractivity contribution >= 4 is 57.5 Å². The number of ether oxygens (including phenoxy) is 2. The predicted octanol–water partition coefficient (Wildman–Crippen LogP) is 6.06. The van der Waals surface area contributed by atoms with Crippen LogP contribution in [-0.4, -0.2) is 30.4 Å². The molecule has 0 atom stereocenters. The van der Waals surface area contributed by atoms with Gasteiger partial charge in [-0.25, -0.2) is 14.5 Å². The van der Waals surface area contributed by atoms with Gasteiger partial charge >= 0.3 is 11.9 Å². The number of hydrogen-bond acceptors (Lipinski definition) is 7. The third-order valence-corrected chi connectivity index (χ3v) is 6.50. The number of esters is 2. The van der Waals surface area contributed by atoms with Gasteiger partial charge in [-0.2, -0.15) is 0 Å². The maximum absolute atomic E-state index is 13.3. The molecule has 4 aromatic rings. The van der Waals surface area contributed by atoms with Gasteiger partial charge in [0.05, 0.1) is 23.4 Å². The summed E-state index contributed by atoms with van der Waals surface area (Å²) in [4.78, 5) is 52.3. The van der Waals surface area contributed by atoms with Crippen molar-refractivity contribution in [2.45, 2.75) is 13.3 Å². The van der Waals surface area contributed by atoms with Gasteiger partial charge in [0.15, 0.2) is 0 Å². The van der Waals surface area contributed by atoms with Gasteiger partial charge < -0.3 is 14.8 Å². The molecule has 200 valence electrons. The first-order valence-corrected chi connectivity index (χ1v) is 12.9. The summed E-state index contributed by atoms with van der Waals surface area (Å²) in [6.45, 7) is 2.06. The number of imide groups is 1. The maximum Gasteiger partial charge on any atom is 0.343 e. The fraction of sp³-hybridized carbons (Fsp3) is 0.0968. The molecule has 9 heteroatoms. The Morgan fingerprint density at radius 1 is 0.825 bits per heavy atom. The third-order valence-electron chi connectivity index (χ3n) is 6.15. The molecule has 0 radical (unpaired) electrons. The molecule has 4 aromatic carbocycles. The number of carbonyl (C=O) groups excluding carboxylic acids is 4. The van der Waals surface area contributed by atoms with Gasteiger partial charge in [0.2, 0.25) is 0 Å². The second kappa shape index (κ2) is 11.4. The lowest BCUT2D eigenvalue weighted by Gasteiger charge is -2.18. The average Bonchev–Trinajstić information content (AvgIpc) is 3.18. The molecule has 40 heavy (non-hydrogen) atoms. The molecule has 1 heterocycles. The molecule has 1 aliphatic heterocycles. The summed E-state index contributed by atoms with van der Waals surface area (Å²) in [7, 11) is 0. The van der Waals surface area contributed by atoms with Crippen LogP contribution in [0.2, 0.25) is 0 Å². The first kappa shape index (κ1) is 26.6. The van der Waals surface area contributed by atoms with Gasteiger partial charge in [-0.1, -0.05) is 61.0 Å². The Labute approximate surface area is 234 Å². The van der Waals surface area contributed by atoms with Crippen molar-refractivity contribution in [1.82, 2.24) is 0 Å². The fourth-order valence-electron chi connectivity index (χ4n) is 4.17. The van der Waals surface area contributed by atoms with Gasteiger partial charge in [0, 0.05) is 5.69 Å². The Balaban J connectivity index is 1.30. The molecule has 0 unspecified atom stereocenters. The Hall–Kier alpha value is -4.95. The lowest BCUT2D eigenvalue weighted by molar-refractivity contribution is -0.120. The Morgan fingerprint density at radius 2 is 1.52 bits per heavy atom. The number of halogens is 1. The van der Waals surface area contributed by atoms with Gasteiger partial charge in [-0.15, -0.1) is 0 Å². The van der Waals surface area contributed by atoms with Crippen molar-refractivity contribution in [3.05, 3.63) is 113 Å². The van der Waals surface area contributed by atoms with Crippen LogP contribution in [0.3, 0.4) is 0 Å². The number of nitrogens with zero attached hydrogens (tertiary/aromatic N) is 1. The number of amides is 2. The van der Waals surface area contributed by atoms with Crippen molar-refractivity contribution in [3.8, 4) is 5.75 Å². The van der Waals surface area contributed by atoms with E-state index < -0.39 is 23.8 Å². The highest BCUT2D eigenvalue weighted by molar-refractivity contribution is 6.53. The molecule has 8 nitrogen and oxygen atoms in total. The average molecular weight is 555 g/mol. The molecule has 0 saturated carbocycles. The normalized spacial score (nSPS) is 13.1. The van der Waals surface area contributed by atoms with E-state index in [4.69, 9.17) is 21.1 Å². The molecule has 0 fully saturated rings. The maximum atomic E-state index is 13.3. The highest BCUT2D eigenvalue weighted by atomic mass is 35.5. The monoisotopic (exact) mass is 554 g/mol. The molecule has 0 aliphatic carbocycles. The van der Waals surface area contributed by atoms with Crippen LogP contribution in [0.25, 0.3) is 10.8 Å². The van der Waals surface area contributed by atoms with E-state index in [0.717, 1.165) is 15.7 Å². The molecule has 1 aliphatic rings. The summed E-state index contributed by atoms with van der Waals surface area (Å²) >= 11 is 6.26. The third kappa shape index (κ3) is 5.30. The van der Waals surface area contributed by atoms with Gasteiger partial charge in [-0.05, 0) is 65.7 Å². The van der Waals surface area contributed by atoms with E-state index in [1.807, 2.05) is 37.3 Å². The number of fused-ring (bicyclic) bond motifs is 1. The Bertz CT molecular complexity index is 1680. The zero-order valence-corrected chi connectivity index (χ0v) is 22.1. The molecular formula is C31H23ClN2O6. The number of anilines is 2. The van der Waals surface area contributed by atoms with E-state index in [1.54, 1.807) is 36.4 Å². The summed E-state index contributed by atoms with van der Waals surface area (Å²) in [5.41, 5.74) is 0.677. The van der Waals surface area contributed by atoms with Crippen molar-refractivity contribution in [2.24, 2.45) is 0 Å². The number of carbonyl (C=O) groups is 4. The van der Waals surface area contributed by atoms with Gasteiger partial charge in [0.25, 0.3) is 11.8 Å². The smallest absolute Gasteiger partial charge is 0.343 e. The van der Waals surface area contributed by atoms with E-state index in [0.29, 0.717) is 17.9 Å². The number of hydrogen-bond donors (Lipinski definition) is 1. The molecule has 0 bridgehead atoms. The highest BCUT2D eigenvalue weighted by Gasteiger charge is 2.40. The fourth-order valence-corrected chi connectivity index (χ4v) is 4.39. The molecule has 1 N–H and O–H groups in total. The minimum Gasteiger partial charge on any atom is -0.462 e. The van der Waals surface area contributed by atoms with Crippen LogP contribution in [-0.2, 0) is 14.3 Å². The lowest BCUT2D eigenvalue weighted by atomic mass is 10.1. The van der Waals surface area contributed by atoms with Gasteiger partial charge in [-0.3, -0.25) is 9.59 Å². The van der Waals surface area contributed by atoms with Crippen molar-refractivity contribution in [3.63, 3.8) is 0 Å². The number of nitrogens with one attached hydrogen (secondary N) is 1. The molecule has 2 amide bonds. The lowest BCUT2D eigenvalue weighted by Crippen LogP contribution is -2.33. The standard InChI is InChI=1S/C31H23ClN2O6/c1-2-17-39-31(38)24-9-5-6-10-25(24)34-28(35)26(32)27(29(34)36)33-22-14-11-20(12-15-22)30(37)40-23-16-13-19-7-3-4-8-21(19)18-23/h3-16,18,33H,2,17H2,1H3.